The van der Waals surface area contributed by atoms with Crippen LogP contribution in [0, 0.1) is 0 Å². The number of hydrogen-bond acceptors (Lipinski definition) is 2. The van der Waals surface area contributed by atoms with Crippen molar-refractivity contribution >= 4 is 5.91 Å². The van der Waals surface area contributed by atoms with Crippen LogP contribution >= 0.6 is 0 Å². The van der Waals surface area contributed by atoms with E-state index in [1.165, 1.54) is 4.57 Å². The molecule has 0 bridgehead atoms. The van der Waals surface area contributed by atoms with Gasteiger partial charge in [0.15, 0.2) is 0 Å². The number of aryl methyl sites for hydroxylation is 1. The molecule has 1 amide bonds. The van der Waals surface area contributed by atoms with Crippen molar-refractivity contribution in [1.82, 2.24) is 9.47 Å². The second-order valence-electron chi connectivity index (χ2n) is 4.64. The maximum Gasteiger partial charge on any atom is 0.255 e. The van der Waals surface area contributed by atoms with Crippen molar-refractivity contribution in [2.24, 2.45) is 7.05 Å². The van der Waals surface area contributed by atoms with Crippen molar-refractivity contribution in [3.05, 3.63) is 33.7 Å². The molecule has 16 heavy (non-hydrogen) atoms. The molecular formula is C12H14N2O2. The first kappa shape index (κ1) is 9.63. The van der Waals surface area contributed by atoms with Gasteiger partial charge in [-0.3, -0.25) is 9.59 Å². The van der Waals surface area contributed by atoms with Gasteiger partial charge < -0.3 is 9.47 Å². The summed E-state index contributed by atoms with van der Waals surface area (Å²) >= 11 is 0. The molecule has 3 rings (SSSR count). The van der Waals surface area contributed by atoms with Crippen LogP contribution in [0.3, 0.4) is 0 Å². The highest BCUT2D eigenvalue weighted by atomic mass is 16.2. The fraction of sp³-hybridized carbons (Fsp3) is 0.500. The van der Waals surface area contributed by atoms with E-state index in [-0.39, 0.29) is 11.5 Å². The average molecular weight is 218 g/mol. The van der Waals surface area contributed by atoms with Gasteiger partial charge in [-0.25, -0.2) is 0 Å². The highest BCUT2D eigenvalue weighted by Crippen LogP contribution is 2.31. The van der Waals surface area contributed by atoms with Crippen LogP contribution in [0.1, 0.15) is 28.8 Å². The maximum atomic E-state index is 12.2. The molecule has 4 heteroatoms. The Morgan fingerprint density at radius 3 is 2.75 bits per heavy atom. The zero-order valence-corrected chi connectivity index (χ0v) is 9.27. The van der Waals surface area contributed by atoms with Gasteiger partial charge in [0.2, 0.25) is 0 Å². The number of carbonyl (C=O) groups excluding carboxylic acids is 1. The van der Waals surface area contributed by atoms with Gasteiger partial charge in [0.05, 0.1) is 5.56 Å². The molecule has 0 aromatic carbocycles. The van der Waals surface area contributed by atoms with Crippen LogP contribution in [0.2, 0.25) is 0 Å². The van der Waals surface area contributed by atoms with E-state index in [9.17, 15) is 9.59 Å². The van der Waals surface area contributed by atoms with Gasteiger partial charge in [0, 0.05) is 31.9 Å². The van der Waals surface area contributed by atoms with E-state index in [1.54, 1.807) is 19.3 Å². The summed E-state index contributed by atoms with van der Waals surface area (Å²) in [6.07, 6.45) is 4.75. The number of hydrogen-bond donors (Lipinski definition) is 0. The van der Waals surface area contributed by atoms with Gasteiger partial charge in [0.25, 0.3) is 11.5 Å². The average Bonchev–Trinajstić information content (AvgIpc) is 3.05. The van der Waals surface area contributed by atoms with E-state index in [2.05, 4.69) is 0 Å². The molecule has 0 spiro atoms. The lowest BCUT2D eigenvalue weighted by Crippen LogP contribution is -2.40. The van der Waals surface area contributed by atoms with Crippen LogP contribution in [-0.2, 0) is 13.5 Å². The van der Waals surface area contributed by atoms with Gasteiger partial charge in [-0.2, -0.15) is 0 Å². The minimum Gasteiger partial charge on any atom is -0.335 e. The number of carbonyl (C=O) groups is 1. The highest BCUT2D eigenvalue weighted by Gasteiger charge is 2.36. The topological polar surface area (TPSA) is 42.3 Å². The Balaban J connectivity index is 2.05. The Labute approximate surface area is 93.5 Å². The van der Waals surface area contributed by atoms with Gasteiger partial charge in [-0.05, 0) is 24.8 Å². The van der Waals surface area contributed by atoms with Crippen LogP contribution in [0.5, 0.6) is 0 Å². The molecule has 0 N–H and O–H groups in total. The van der Waals surface area contributed by atoms with E-state index in [4.69, 9.17) is 0 Å². The fourth-order valence-corrected chi connectivity index (χ4v) is 2.30. The summed E-state index contributed by atoms with van der Waals surface area (Å²) in [5.41, 5.74) is 1.58. The maximum absolute atomic E-state index is 12.2. The molecular weight excluding hydrogens is 204 g/mol. The summed E-state index contributed by atoms with van der Waals surface area (Å²) < 4.78 is 1.48. The molecule has 4 nitrogen and oxygen atoms in total. The van der Waals surface area contributed by atoms with Crippen molar-refractivity contribution in [1.29, 1.82) is 0 Å². The first-order valence-corrected chi connectivity index (χ1v) is 5.67. The predicted octanol–water partition coefficient (Wildman–Crippen LogP) is 0.546. The molecule has 0 unspecified atom stereocenters. The largest absolute Gasteiger partial charge is 0.335 e. The lowest BCUT2D eigenvalue weighted by molar-refractivity contribution is 0.0725. The van der Waals surface area contributed by atoms with Crippen LogP contribution < -0.4 is 5.56 Å². The molecule has 1 aromatic rings. The number of fused-ring (bicyclic) bond motifs is 1. The molecule has 1 aromatic heterocycles. The normalized spacial score (nSPS) is 19.8. The third-order valence-electron chi connectivity index (χ3n) is 3.41. The van der Waals surface area contributed by atoms with Crippen LogP contribution in [0.4, 0.5) is 0 Å². The Hall–Kier alpha value is -1.58. The molecule has 0 saturated heterocycles. The van der Waals surface area contributed by atoms with Crippen LogP contribution in [0.15, 0.2) is 17.1 Å². The van der Waals surface area contributed by atoms with E-state index in [1.807, 2.05) is 4.90 Å². The van der Waals surface area contributed by atoms with Crippen molar-refractivity contribution in [3.63, 3.8) is 0 Å². The number of nitrogens with zero attached hydrogens (tertiary/aromatic N) is 2. The minimum absolute atomic E-state index is 0.0357. The fourth-order valence-electron chi connectivity index (χ4n) is 2.30. The number of amides is 1. The summed E-state index contributed by atoms with van der Waals surface area (Å²) in [4.78, 5) is 25.6. The number of aromatic nitrogens is 1. The standard InChI is InChI=1S/C12H14N2O2/c1-13-7-10-8(6-11(13)15)4-5-14(12(10)16)9-2-3-9/h6-7,9H,2-5H2,1H3. The highest BCUT2D eigenvalue weighted by molar-refractivity contribution is 5.96. The Morgan fingerprint density at radius 1 is 1.31 bits per heavy atom. The Kier molecular flexibility index (Phi) is 1.93. The first-order valence-electron chi connectivity index (χ1n) is 5.67. The third-order valence-corrected chi connectivity index (χ3v) is 3.41. The summed E-state index contributed by atoms with van der Waals surface area (Å²) in [7, 11) is 1.69. The Morgan fingerprint density at radius 2 is 2.06 bits per heavy atom. The molecule has 84 valence electrons. The van der Waals surface area contributed by atoms with Gasteiger partial charge >= 0.3 is 0 Å². The summed E-state index contributed by atoms with van der Waals surface area (Å²) in [6.45, 7) is 0.768. The van der Waals surface area contributed by atoms with Crippen molar-refractivity contribution < 1.29 is 4.79 Å². The quantitative estimate of drug-likeness (QED) is 0.690. The minimum atomic E-state index is -0.0357. The molecule has 1 aliphatic carbocycles. The molecule has 2 heterocycles. The Bertz CT molecular complexity index is 514. The van der Waals surface area contributed by atoms with E-state index in [0.29, 0.717) is 11.6 Å². The number of pyridine rings is 1. The smallest absolute Gasteiger partial charge is 0.255 e. The monoisotopic (exact) mass is 218 g/mol. The molecule has 2 aliphatic rings. The molecule has 0 radical (unpaired) electrons. The summed E-state index contributed by atoms with van der Waals surface area (Å²) in [5, 5.41) is 0. The lowest BCUT2D eigenvalue weighted by atomic mass is 10.0. The van der Waals surface area contributed by atoms with Gasteiger partial charge in [-0.15, -0.1) is 0 Å². The van der Waals surface area contributed by atoms with E-state index >= 15 is 0 Å². The second-order valence-corrected chi connectivity index (χ2v) is 4.64. The molecule has 1 fully saturated rings. The third kappa shape index (κ3) is 1.37. The SMILES string of the molecule is Cn1cc2c(cc1=O)CCN(C1CC1)C2=O. The van der Waals surface area contributed by atoms with Crippen molar-refractivity contribution in [2.75, 3.05) is 6.54 Å². The van der Waals surface area contributed by atoms with E-state index in [0.717, 1.165) is 31.4 Å². The van der Waals surface area contributed by atoms with E-state index < -0.39 is 0 Å². The predicted molar refractivity (Wildman–Crippen MR) is 59.4 cm³/mol. The lowest BCUT2D eigenvalue weighted by Gasteiger charge is -2.28. The number of rotatable bonds is 1. The molecule has 0 atom stereocenters. The second kappa shape index (κ2) is 3.20. The van der Waals surface area contributed by atoms with Gasteiger partial charge in [0.1, 0.15) is 0 Å². The zero-order chi connectivity index (χ0) is 11.3. The van der Waals surface area contributed by atoms with Gasteiger partial charge in [-0.1, -0.05) is 0 Å². The van der Waals surface area contributed by atoms with Crippen molar-refractivity contribution in [3.8, 4) is 0 Å². The molecule has 1 saturated carbocycles. The molecule has 1 aliphatic heterocycles. The van der Waals surface area contributed by atoms with Crippen LogP contribution in [-0.4, -0.2) is 28.0 Å². The summed E-state index contributed by atoms with van der Waals surface area (Å²) in [5.74, 6) is 0.0966. The first-order chi connectivity index (χ1) is 7.66. The van der Waals surface area contributed by atoms with Crippen LogP contribution in [0.25, 0.3) is 0 Å². The van der Waals surface area contributed by atoms with Crippen molar-refractivity contribution in [2.45, 2.75) is 25.3 Å². The summed E-state index contributed by atoms with van der Waals surface area (Å²) in [6, 6.07) is 2.05. The zero-order valence-electron chi connectivity index (χ0n) is 9.27.